The number of aromatic nitrogens is 1. The maximum atomic E-state index is 5.86. The molecule has 1 unspecified atom stereocenters. The van der Waals surface area contributed by atoms with E-state index in [0.717, 1.165) is 24.6 Å². The molecule has 1 aliphatic carbocycles. The number of pyridine rings is 1. The number of nitrogens with zero attached hydrogens (tertiary/aromatic N) is 1. The highest BCUT2D eigenvalue weighted by Gasteiger charge is 2.26. The lowest BCUT2D eigenvalue weighted by Gasteiger charge is -2.17. The van der Waals surface area contributed by atoms with Crippen LogP contribution in [0.4, 0.5) is 0 Å². The summed E-state index contributed by atoms with van der Waals surface area (Å²) >= 11 is 5.86. The molecule has 1 aromatic rings. The van der Waals surface area contributed by atoms with Crippen molar-refractivity contribution < 1.29 is 0 Å². The number of nitrogens with one attached hydrogen (secondary N) is 1. The van der Waals surface area contributed by atoms with Crippen molar-refractivity contribution in [2.24, 2.45) is 5.92 Å². The van der Waals surface area contributed by atoms with Crippen LogP contribution in [-0.2, 0) is 0 Å². The molecule has 0 amide bonds. The third kappa shape index (κ3) is 3.46. The highest BCUT2D eigenvalue weighted by atomic mass is 35.5. The third-order valence-corrected chi connectivity index (χ3v) is 3.24. The van der Waals surface area contributed by atoms with E-state index < -0.39 is 0 Å². The van der Waals surface area contributed by atoms with Gasteiger partial charge in [0, 0.05) is 12.2 Å². The number of rotatable bonds is 6. The van der Waals surface area contributed by atoms with Gasteiger partial charge in [0.15, 0.2) is 0 Å². The van der Waals surface area contributed by atoms with Gasteiger partial charge >= 0.3 is 0 Å². The molecule has 1 fully saturated rings. The summed E-state index contributed by atoms with van der Waals surface area (Å²) in [5.74, 6) is 0.909. The summed E-state index contributed by atoms with van der Waals surface area (Å²) in [7, 11) is 0. The van der Waals surface area contributed by atoms with Gasteiger partial charge < -0.3 is 5.32 Å². The molecule has 2 rings (SSSR count). The normalized spacial score (nSPS) is 17.4. The zero-order valence-corrected chi connectivity index (χ0v) is 10.5. The minimum absolute atomic E-state index is 0.407. The Morgan fingerprint density at radius 2 is 2.31 bits per heavy atom. The van der Waals surface area contributed by atoms with E-state index >= 15 is 0 Å². The minimum atomic E-state index is 0.407. The Kier molecular flexibility index (Phi) is 4.19. The summed E-state index contributed by atoms with van der Waals surface area (Å²) in [5.41, 5.74) is 1.13. The van der Waals surface area contributed by atoms with E-state index in [4.69, 9.17) is 11.6 Å². The van der Waals surface area contributed by atoms with E-state index in [2.05, 4.69) is 17.2 Å². The predicted molar refractivity (Wildman–Crippen MR) is 67.6 cm³/mol. The van der Waals surface area contributed by atoms with Gasteiger partial charge in [0.2, 0.25) is 0 Å². The van der Waals surface area contributed by atoms with Crippen LogP contribution in [0.25, 0.3) is 0 Å². The maximum Gasteiger partial charge on any atom is 0.0589 e. The van der Waals surface area contributed by atoms with Crippen molar-refractivity contribution in [2.75, 3.05) is 6.54 Å². The Morgan fingerprint density at radius 1 is 1.50 bits per heavy atom. The Balaban J connectivity index is 2.00. The van der Waals surface area contributed by atoms with Crippen molar-refractivity contribution in [1.82, 2.24) is 10.3 Å². The van der Waals surface area contributed by atoms with Crippen molar-refractivity contribution in [3.05, 3.63) is 29.0 Å². The molecule has 1 aliphatic rings. The van der Waals surface area contributed by atoms with Crippen molar-refractivity contribution in [3.63, 3.8) is 0 Å². The Morgan fingerprint density at radius 3 is 2.88 bits per heavy atom. The van der Waals surface area contributed by atoms with Gasteiger partial charge in [-0.3, -0.25) is 4.98 Å². The van der Waals surface area contributed by atoms with Gasteiger partial charge in [-0.25, -0.2) is 0 Å². The lowest BCUT2D eigenvalue weighted by atomic mass is 10.1. The lowest BCUT2D eigenvalue weighted by Crippen LogP contribution is -2.23. The predicted octanol–water partition coefficient (Wildman–Crippen LogP) is 3.58. The molecule has 1 N–H and O–H groups in total. The van der Waals surface area contributed by atoms with Crippen LogP contribution in [0, 0.1) is 5.92 Å². The first-order valence-corrected chi connectivity index (χ1v) is 6.52. The van der Waals surface area contributed by atoms with E-state index in [1.165, 1.54) is 19.3 Å². The molecule has 2 nitrogen and oxygen atoms in total. The lowest BCUT2D eigenvalue weighted by molar-refractivity contribution is 0.464. The molecule has 1 aromatic heterocycles. The van der Waals surface area contributed by atoms with Gasteiger partial charge in [0.1, 0.15) is 0 Å². The molecular formula is C13H19ClN2. The van der Waals surface area contributed by atoms with Crippen molar-refractivity contribution in [2.45, 2.75) is 38.6 Å². The minimum Gasteiger partial charge on any atom is -0.309 e. The standard InChI is InChI=1S/C13H19ClN2/c1-2-7-15-13(8-10-3-4-10)12-6-5-11(14)9-16-12/h5-6,9-10,13,15H,2-4,7-8H2,1H3. The van der Waals surface area contributed by atoms with Crippen molar-refractivity contribution in [1.29, 1.82) is 0 Å². The quantitative estimate of drug-likeness (QED) is 0.820. The third-order valence-electron chi connectivity index (χ3n) is 3.01. The largest absolute Gasteiger partial charge is 0.309 e. The first kappa shape index (κ1) is 11.9. The van der Waals surface area contributed by atoms with E-state index in [0.29, 0.717) is 11.1 Å². The first-order chi connectivity index (χ1) is 7.79. The number of halogens is 1. The highest BCUT2D eigenvalue weighted by molar-refractivity contribution is 6.30. The van der Waals surface area contributed by atoms with E-state index in [1.54, 1.807) is 6.20 Å². The van der Waals surface area contributed by atoms with Crippen LogP contribution in [0.1, 0.15) is 44.3 Å². The topological polar surface area (TPSA) is 24.9 Å². The maximum absolute atomic E-state index is 5.86. The molecule has 0 aliphatic heterocycles. The average molecular weight is 239 g/mol. The van der Waals surface area contributed by atoms with Gasteiger partial charge in [-0.2, -0.15) is 0 Å². The molecule has 3 heteroatoms. The molecule has 0 spiro atoms. The number of hydrogen-bond donors (Lipinski definition) is 1. The van der Waals surface area contributed by atoms with Gasteiger partial charge in [-0.1, -0.05) is 31.4 Å². The molecule has 1 atom stereocenters. The molecule has 1 heterocycles. The molecule has 0 saturated heterocycles. The van der Waals surface area contributed by atoms with E-state index in [-0.39, 0.29) is 0 Å². The molecular weight excluding hydrogens is 220 g/mol. The Bertz CT molecular complexity index is 319. The SMILES string of the molecule is CCCNC(CC1CC1)c1ccc(Cl)cn1. The summed E-state index contributed by atoms with van der Waals surface area (Å²) in [4.78, 5) is 4.42. The molecule has 16 heavy (non-hydrogen) atoms. The fourth-order valence-electron chi connectivity index (χ4n) is 1.91. The monoisotopic (exact) mass is 238 g/mol. The number of hydrogen-bond acceptors (Lipinski definition) is 2. The summed E-state index contributed by atoms with van der Waals surface area (Å²) in [6.45, 7) is 3.25. The summed E-state index contributed by atoms with van der Waals surface area (Å²) in [6.07, 6.45) is 6.89. The van der Waals surface area contributed by atoms with Crippen molar-refractivity contribution in [3.8, 4) is 0 Å². The second-order valence-corrected chi connectivity index (χ2v) is 5.02. The van der Waals surface area contributed by atoms with Gasteiger partial charge in [0.25, 0.3) is 0 Å². The fourth-order valence-corrected chi connectivity index (χ4v) is 2.02. The zero-order chi connectivity index (χ0) is 11.4. The van der Waals surface area contributed by atoms with Crippen LogP contribution in [0.2, 0.25) is 5.02 Å². The van der Waals surface area contributed by atoms with Gasteiger partial charge in [-0.15, -0.1) is 0 Å². The van der Waals surface area contributed by atoms with Crippen molar-refractivity contribution >= 4 is 11.6 Å². The first-order valence-electron chi connectivity index (χ1n) is 6.14. The Labute approximate surface area is 102 Å². The van der Waals surface area contributed by atoms with Crippen LogP contribution in [0.5, 0.6) is 0 Å². The van der Waals surface area contributed by atoms with Crippen LogP contribution in [0.3, 0.4) is 0 Å². The zero-order valence-electron chi connectivity index (χ0n) is 9.75. The second-order valence-electron chi connectivity index (χ2n) is 4.59. The second kappa shape index (κ2) is 5.65. The van der Waals surface area contributed by atoms with E-state index in [9.17, 15) is 0 Å². The Hall–Kier alpha value is -0.600. The highest BCUT2D eigenvalue weighted by Crippen LogP contribution is 2.37. The van der Waals surface area contributed by atoms with Crippen LogP contribution in [-0.4, -0.2) is 11.5 Å². The molecule has 0 aromatic carbocycles. The van der Waals surface area contributed by atoms with Crippen LogP contribution in [0.15, 0.2) is 18.3 Å². The average Bonchev–Trinajstić information content (AvgIpc) is 3.09. The molecule has 0 bridgehead atoms. The van der Waals surface area contributed by atoms with Crippen LogP contribution < -0.4 is 5.32 Å². The molecule has 0 radical (unpaired) electrons. The van der Waals surface area contributed by atoms with Gasteiger partial charge in [-0.05, 0) is 37.4 Å². The van der Waals surface area contributed by atoms with Crippen LogP contribution >= 0.6 is 11.6 Å². The molecule has 1 saturated carbocycles. The fraction of sp³-hybridized carbons (Fsp3) is 0.615. The summed E-state index contributed by atoms with van der Waals surface area (Å²) in [5, 5.41) is 4.28. The van der Waals surface area contributed by atoms with Gasteiger partial charge in [0.05, 0.1) is 10.7 Å². The summed E-state index contributed by atoms with van der Waals surface area (Å²) < 4.78 is 0. The van der Waals surface area contributed by atoms with E-state index in [1.807, 2.05) is 12.1 Å². The molecule has 88 valence electrons. The smallest absolute Gasteiger partial charge is 0.0589 e. The summed E-state index contributed by atoms with van der Waals surface area (Å²) in [6, 6.07) is 4.37.